The summed E-state index contributed by atoms with van der Waals surface area (Å²) in [4.78, 5) is 25.7. The molecule has 0 radical (unpaired) electrons. The van der Waals surface area contributed by atoms with Gasteiger partial charge in [0.25, 0.3) is 0 Å². The van der Waals surface area contributed by atoms with Crippen LogP contribution in [0.1, 0.15) is 16.1 Å². The largest absolute Gasteiger partial charge is 0.477 e. The van der Waals surface area contributed by atoms with Crippen molar-refractivity contribution in [2.75, 3.05) is 0 Å². The van der Waals surface area contributed by atoms with Crippen LogP contribution in [0.4, 0.5) is 0 Å². The third kappa shape index (κ3) is 1.12. The molecule has 14 heavy (non-hydrogen) atoms. The van der Waals surface area contributed by atoms with E-state index in [0.717, 1.165) is 0 Å². The van der Waals surface area contributed by atoms with Crippen molar-refractivity contribution < 1.29 is 14.3 Å². The molecule has 0 saturated carbocycles. The van der Waals surface area contributed by atoms with Gasteiger partial charge in [0.05, 0.1) is 0 Å². The summed E-state index contributed by atoms with van der Waals surface area (Å²) in [6, 6.07) is 0. The molecule has 5 nitrogen and oxygen atoms in total. The lowest BCUT2D eigenvalue weighted by molar-refractivity contribution is -0.298. The lowest BCUT2D eigenvalue weighted by Gasteiger charge is -1.91. The van der Waals surface area contributed by atoms with Crippen LogP contribution < -0.4 is 9.80 Å². The number of rotatable bonds is 1. The molecule has 0 saturated heterocycles. The number of carbonyl (C=O) groups is 1. The smallest absolute Gasteiger partial charge is 0.341 e. The van der Waals surface area contributed by atoms with E-state index in [2.05, 4.69) is 9.36 Å². The molecule has 2 heterocycles. The predicted molar refractivity (Wildman–Crippen MR) is 50.7 cm³/mol. The minimum absolute atomic E-state index is 0.229. The molecule has 0 spiro atoms. The molecular weight excluding hydrogens is 204 g/mol. The Morgan fingerprint density at radius 3 is 3.00 bits per heavy atom. The molecule has 0 fully saturated rings. The fourth-order valence-electron chi connectivity index (χ4n) is 1.27. The Hall–Kier alpha value is -1.69. The minimum atomic E-state index is -1.21. The molecule has 6 heteroatoms. The van der Waals surface area contributed by atoms with Crippen LogP contribution in [-0.2, 0) is 0 Å². The van der Waals surface area contributed by atoms with Crippen LogP contribution >= 0.6 is 11.5 Å². The van der Waals surface area contributed by atoms with Gasteiger partial charge >= 0.3 is 5.97 Å². The first kappa shape index (κ1) is 8.89. The molecule has 2 rings (SSSR count). The highest BCUT2D eigenvalue weighted by Crippen LogP contribution is 2.12. The number of aromatic nitrogens is 2. The van der Waals surface area contributed by atoms with Gasteiger partial charge in [0.15, 0.2) is 16.4 Å². The molecule has 0 aliphatic rings. The Balaban J connectivity index is 2.93. The van der Waals surface area contributed by atoms with Crippen LogP contribution in [0.5, 0.6) is 0 Å². The monoisotopic (exact) mass is 211 g/mol. The second-order valence-corrected chi connectivity index (χ2v) is 3.69. The van der Waals surface area contributed by atoms with Crippen molar-refractivity contribution in [3.8, 4) is 0 Å². The number of carboxylic acid groups (broad SMARTS) is 1. The Kier molecular flexibility index (Phi) is 1.85. The van der Waals surface area contributed by atoms with Gasteiger partial charge in [-0.1, -0.05) is 0 Å². The first-order chi connectivity index (χ1) is 6.61. The van der Waals surface area contributed by atoms with Gasteiger partial charge in [-0.05, 0) is 0 Å². The van der Waals surface area contributed by atoms with Crippen molar-refractivity contribution in [2.45, 2.75) is 6.92 Å². The van der Waals surface area contributed by atoms with E-state index in [1.807, 2.05) is 0 Å². The summed E-state index contributed by atoms with van der Waals surface area (Å²) in [5.74, 6) is -1.21. The summed E-state index contributed by atoms with van der Waals surface area (Å²) in [6.07, 6.45) is 1.22. The average Bonchev–Trinajstić information content (AvgIpc) is 2.48. The number of aromatic carboxylic acids is 1. The van der Waals surface area contributed by atoms with E-state index in [0.29, 0.717) is 15.9 Å². The highest BCUT2D eigenvalue weighted by Gasteiger charge is 2.18. The molecule has 0 aliphatic heterocycles. The van der Waals surface area contributed by atoms with Crippen LogP contribution in [0.15, 0.2) is 11.0 Å². The molecule has 72 valence electrons. The number of aromatic amines is 2. The fraction of sp³-hybridized carbons (Fsp3) is 0.125. The molecule has 2 aromatic rings. The van der Waals surface area contributed by atoms with Crippen molar-refractivity contribution in [2.24, 2.45) is 0 Å². The highest BCUT2D eigenvalue weighted by molar-refractivity contribution is 7.08. The van der Waals surface area contributed by atoms with E-state index in [9.17, 15) is 9.59 Å². The maximum absolute atomic E-state index is 11.6. The van der Waals surface area contributed by atoms with E-state index in [1.165, 1.54) is 17.7 Å². The van der Waals surface area contributed by atoms with E-state index >= 15 is 0 Å². The molecule has 0 bridgehead atoms. The molecule has 0 aromatic carbocycles. The number of nitrogens with one attached hydrogen (secondary N) is 2. The number of fused-ring (bicyclic) bond motifs is 1. The second kappa shape index (κ2) is 2.91. The number of aryl methyl sites for hydroxylation is 1. The standard InChI is InChI=1S/C8H6N2O3S/c1-3-5-6(11)4(8(12)13)2-9-7(5)14-10-3/h2H,1H3,(H,9,11)(H,12,13)/p+1. The Bertz CT molecular complexity index is 569. The first-order valence-corrected chi connectivity index (χ1v) is 4.68. The van der Waals surface area contributed by atoms with Gasteiger partial charge in [0.2, 0.25) is 11.1 Å². The molecule has 2 aromatic heterocycles. The number of pyridine rings is 1. The Morgan fingerprint density at radius 1 is 1.64 bits per heavy atom. The fourth-order valence-corrected chi connectivity index (χ4v) is 2.09. The third-order valence-electron chi connectivity index (χ3n) is 1.96. The predicted octanol–water partition coefficient (Wildman–Crippen LogP) is 0.410. The Morgan fingerprint density at radius 2 is 2.36 bits per heavy atom. The van der Waals surface area contributed by atoms with Gasteiger partial charge in [-0.2, -0.15) is 0 Å². The van der Waals surface area contributed by atoms with E-state index < -0.39 is 11.4 Å². The summed E-state index contributed by atoms with van der Waals surface area (Å²) in [5, 5.41) is 9.15. The van der Waals surface area contributed by atoms with Gasteiger partial charge in [-0.3, -0.25) is 4.79 Å². The van der Waals surface area contributed by atoms with E-state index in [1.54, 1.807) is 6.92 Å². The molecule has 0 aliphatic carbocycles. The van der Waals surface area contributed by atoms with Gasteiger partial charge in [0, 0.05) is 13.1 Å². The maximum Gasteiger partial charge on any atom is 0.341 e. The van der Waals surface area contributed by atoms with Crippen LogP contribution in [0.25, 0.3) is 10.2 Å². The van der Waals surface area contributed by atoms with E-state index in [-0.39, 0.29) is 5.56 Å². The molecule has 0 unspecified atom stereocenters. The second-order valence-electron chi connectivity index (χ2n) is 2.87. The maximum atomic E-state index is 11.6. The van der Waals surface area contributed by atoms with Crippen LogP contribution in [0, 0.1) is 6.92 Å². The zero-order valence-electron chi connectivity index (χ0n) is 7.25. The summed E-state index contributed by atoms with van der Waals surface area (Å²) in [7, 11) is 0. The zero-order chi connectivity index (χ0) is 10.3. The topological polar surface area (TPSA) is 84.3 Å². The van der Waals surface area contributed by atoms with Crippen molar-refractivity contribution in [1.82, 2.24) is 4.98 Å². The Labute approximate surface area is 82.2 Å². The van der Waals surface area contributed by atoms with Crippen molar-refractivity contribution >= 4 is 27.7 Å². The molecule has 3 N–H and O–H groups in total. The number of hydrogen-bond donors (Lipinski definition) is 2. The van der Waals surface area contributed by atoms with Crippen molar-refractivity contribution in [3.05, 3.63) is 27.7 Å². The normalized spacial score (nSPS) is 10.6. The third-order valence-corrected chi connectivity index (χ3v) is 2.89. The molecule has 0 amide bonds. The van der Waals surface area contributed by atoms with Crippen LogP contribution in [0.2, 0.25) is 0 Å². The zero-order valence-corrected chi connectivity index (χ0v) is 8.07. The van der Waals surface area contributed by atoms with Crippen LogP contribution in [-0.4, -0.2) is 16.1 Å². The first-order valence-electron chi connectivity index (χ1n) is 3.87. The number of carboxylic acids is 1. The molecular formula is C8H7N2O3S+. The lowest BCUT2D eigenvalue weighted by atomic mass is 10.2. The van der Waals surface area contributed by atoms with Gasteiger partial charge in [0.1, 0.15) is 10.9 Å². The van der Waals surface area contributed by atoms with Crippen molar-refractivity contribution in [3.63, 3.8) is 0 Å². The van der Waals surface area contributed by atoms with E-state index in [4.69, 9.17) is 5.11 Å². The highest BCUT2D eigenvalue weighted by atomic mass is 32.1. The number of hydrogen-bond acceptors (Lipinski definition) is 3. The summed E-state index contributed by atoms with van der Waals surface area (Å²) >= 11 is 1.28. The van der Waals surface area contributed by atoms with Gasteiger partial charge < -0.3 is 10.1 Å². The average molecular weight is 211 g/mol. The summed E-state index contributed by atoms with van der Waals surface area (Å²) in [5.41, 5.74) is 0.0167. The number of H-pyrrole nitrogens is 2. The summed E-state index contributed by atoms with van der Waals surface area (Å²) in [6.45, 7) is 1.74. The molecule has 0 atom stereocenters. The SMILES string of the molecule is Cc1[nH+]sc2[nH]cc(C(=O)O)c(=O)c12. The quantitative estimate of drug-likeness (QED) is 0.716. The van der Waals surface area contributed by atoms with Gasteiger partial charge in [-0.25, -0.2) is 4.79 Å². The minimum Gasteiger partial charge on any atom is -0.477 e. The van der Waals surface area contributed by atoms with Crippen molar-refractivity contribution in [1.29, 1.82) is 0 Å². The summed E-state index contributed by atoms with van der Waals surface area (Å²) < 4.78 is 2.90. The van der Waals surface area contributed by atoms with Crippen LogP contribution in [0.3, 0.4) is 0 Å². The lowest BCUT2D eigenvalue weighted by Crippen LogP contribution is -2.15. The van der Waals surface area contributed by atoms with Gasteiger partial charge in [-0.15, -0.1) is 4.37 Å².